The van der Waals surface area contributed by atoms with Crippen LogP contribution in [0.3, 0.4) is 0 Å². The SMILES string of the molecule is N#C/C(=N\Nc1cc([N+](=O)[O-])ccc1Cl)c1nc2ccccc2s1. The Hall–Kier alpha value is -3.02. The molecule has 1 N–H and O–H groups in total. The molecule has 0 aliphatic heterocycles. The molecule has 0 fully saturated rings. The number of nitrogens with zero attached hydrogens (tertiary/aromatic N) is 4. The lowest BCUT2D eigenvalue weighted by Crippen LogP contribution is -2.02. The molecule has 0 aliphatic rings. The van der Waals surface area contributed by atoms with Crippen LogP contribution < -0.4 is 5.43 Å². The van der Waals surface area contributed by atoms with Crippen LogP contribution in [0.15, 0.2) is 47.6 Å². The van der Waals surface area contributed by atoms with Gasteiger partial charge in [0.15, 0.2) is 10.7 Å². The van der Waals surface area contributed by atoms with Gasteiger partial charge in [0.1, 0.15) is 6.07 Å². The zero-order valence-electron chi connectivity index (χ0n) is 11.9. The highest BCUT2D eigenvalue weighted by molar-refractivity contribution is 7.20. The second-order valence-corrected chi connectivity index (χ2v) is 6.03. The number of nitrogens with one attached hydrogen (secondary N) is 1. The fourth-order valence-electron chi connectivity index (χ4n) is 1.92. The number of benzene rings is 2. The van der Waals surface area contributed by atoms with E-state index in [4.69, 9.17) is 11.6 Å². The van der Waals surface area contributed by atoms with Gasteiger partial charge in [-0.3, -0.25) is 15.5 Å². The molecule has 24 heavy (non-hydrogen) atoms. The number of para-hydroxylation sites is 1. The van der Waals surface area contributed by atoms with Gasteiger partial charge in [0.25, 0.3) is 5.69 Å². The van der Waals surface area contributed by atoms with Crippen molar-refractivity contribution < 1.29 is 4.92 Å². The van der Waals surface area contributed by atoms with E-state index in [0.29, 0.717) is 5.01 Å². The Labute approximate surface area is 145 Å². The number of halogens is 1. The first kappa shape index (κ1) is 15.9. The number of hydrogen-bond donors (Lipinski definition) is 1. The van der Waals surface area contributed by atoms with Gasteiger partial charge in [-0.25, -0.2) is 4.98 Å². The highest BCUT2D eigenvalue weighted by Crippen LogP contribution is 2.27. The minimum absolute atomic E-state index is 0.0683. The lowest BCUT2D eigenvalue weighted by molar-refractivity contribution is -0.384. The fraction of sp³-hybridized carbons (Fsp3) is 0. The minimum Gasteiger partial charge on any atom is -0.275 e. The van der Waals surface area contributed by atoms with Gasteiger partial charge in [-0.05, 0) is 18.2 Å². The van der Waals surface area contributed by atoms with Gasteiger partial charge in [-0.15, -0.1) is 11.3 Å². The topological polar surface area (TPSA) is 104 Å². The van der Waals surface area contributed by atoms with Crippen molar-refractivity contribution in [3.63, 3.8) is 0 Å². The standard InChI is InChI=1S/C15H8ClN5O2S/c16-10-6-5-9(21(22)23)7-12(10)19-20-13(8-17)15-18-11-3-1-2-4-14(11)24-15/h1-7,19H/b20-13+. The molecule has 9 heteroatoms. The van der Waals surface area contributed by atoms with Gasteiger partial charge < -0.3 is 0 Å². The van der Waals surface area contributed by atoms with Crippen LogP contribution in [0.4, 0.5) is 11.4 Å². The molecule has 2 aromatic carbocycles. The number of thiazole rings is 1. The van der Waals surface area contributed by atoms with Crippen molar-refractivity contribution in [2.45, 2.75) is 0 Å². The zero-order chi connectivity index (χ0) is 17.1. The smallest absolute Gasteiger partial charge is 0.271 e. The lowest BCUT2D eigenvalue weighted by atomic mass is 10.3. The third-order valence-electron chi connectivity index (χ3n) is 3.05. The molecule has 3 rings (SSSR count). The number of nitro groups is 1. The predicted octanol–water partition coefficient (Wildman–Crippen LogP) is 4.20. The molecule has 0 atom stereocenters. The number of aromatic nitrogens is 1. The van der Waals surface area contributed by atoms with Gasteiger partial charge >= 0.3 is 0 Å². The summed E-state index contributed by atoms with van der Waals surface area (Å²) in [6, 6.07) is 13.4. The molecule has 0 amide bonds. The quantitative estimate of drug-likeness (QED) is 0.428. The number of fused-ring (bicyclic) bond motifs is 1. The second-order valence-electron chi connectivity index (χ2n) is 4.59. The zero-order valence-corrected chi connectivity index (χ0v) is 13.5. The van der Waals surface area contributed by atoms with Crippen LogP contribution in [-0.2, 0) is 0 Å². The van der Waals surface area contributed by atoms with Crippen LogP contribution in [0.5, 0.6) is 0 Å². The Morgan fingerprint density at radius 2 is 2.17 bits per heavy atom. The van der Waals surface area contributed by atoms with Crippen LogP contribution in [0.25, 0.3) is 10.2 Å². The van der Waals surface area contributed by atoms with Gasteiger partial charge in [-0.2, -0.15) is 10.4 Å². The van der Waals surface area contributed by atoms with Gasteiger partial charge in [0.05, 0.1) is 25.8 Å². The van der Waals surface area contributed by atoms with E-state index >= 15 is 0 Å². The molecular weight excluding hydrogens is 350 g/mol. The largest absolute Gasteiger partial charge is 0.275 e. The monoisotopic (exact) mass is 357 g/mol. The molecule has 0 unspecified atom stereocenters. The summed E-state index contributed by atoms with van der Waals surface area (Å²) in [7, 11) is 0. The first-order chi connectivity index (χ1) is 11.6. The summed E-state index contributed by atoms with van der Waals surface area (Å²) >= 11 is 7.32. The Morgan fingerprint density at radius 3 is 2.88 bits per heavy atom. The van der Waals surface area contributed by atoms with E-state index in [1.54, 1.807) is 0 Å². The van der Waals surface area contributed by atoms with E-state index in [9.17, 15) is 15.4 Å². The van der Waals surface area contributed by atoms with Crippen LogP contribution in [-0.4, -0.2) is 15.6 Å². The molecule has 0 saturated heterocycles. The number of rotatable bonds is 4. The number of anilines is 1. The van der Waals surface area contributed by atoms with E-state index in [1.807, 2.05) is 30.3 Å². The molecule has 3 aromatic rings. The highest BCUT2D eigenvalue weighted by Gasteiger charge is 2.12. The summed E-state index contributed by atoms with van der Waals surface area (Å²) in [6.07, 6.45) is 0. The fourth-order valence-corrected chi connectivity index (χ4v) is 2.99. The minimum atomic E-state index is -0.538. The van der Waals surface area contributed by atoms with Crippen molar-refractivity contribution in [1.82, 2.24) is 4.98 Å². The maximum atomic E-state index is 10.8. The van der Waals surface area contributed by atoms with Gasteiger partial charge in [0, 0.05) is 12.1 Å². The summed E-state index contributed by atoms with van der Waals surface area (Å²) in [6.45, 7) is 0. The molecule has 1 heterocycles. The van der Waals surface area contributed by atoms with Crippen molar-refractivity contribution in [3.05, 3.63) is 62.6 Å². The summed E-state index contributed by atoms with van der Waals surface area (Å²) in [5.41, 5.74) is 3.54. The van der Waals surface area contributed by atoms with E-state index in [-0.39, 0.29) is 22.1 Å². The lowest BCUT2D eigenvalue weighted by Gasteiger charge is -2.03. The van der Waals surface area contributed by atoms with Crippen LogP contribution in [0, 0.1) is 21.4 Å². The van der Waals surface area contributed by atoms with Crippen LogP contribution >= 0.6 is 22.9 Å². The number of nitro benzene ring substituents is 1. The summed E-state index contributed by atoms with van der Waals surface area (Å²) < 4.78 is 0.934. The van der Waals surface area contributed by atoms with Crippen molar-refractivity contribution in [1.29, 1.82) is 5.26 Å². The molecular formula is C15H8ClN5O2S. The van der Waals surface area contributed by atoms with Crippen LogP contribution in [0.1, 0.15) is 5.01 Å². The van der Waals surface area contributed by atoms with Gasteiger partial charge in [0.2, 0.25) is 0 Å². The molecule has 0 bridgehead atoms. The molecule has 1 aromatic heterocycles. The summed E-state index contributed by atoms with van der Waals surface area (Å²) in [5.74, 6) is 0. The average molecular weight is 358 g/mol. The van der Waals surface area contributed by atoms with Crippen molar-refractivity contribution in [2.24, 2.45) is 5.10 Å². The number of hydrazone groups is 1. The maximum absolute atomic E-state index is 10.8. The molecule has 0 aliphatic carbocycles. The molecule has 0 saturated carbocycles. The molecule has 0 radical (unpaired) electrons. The Bertz CT molecular complexity index is 976. The summed E-state index contributed by atoms with van der Waals surface area (Å²) in [4.78, 5) is 14.6. The van der Waals surface area contributed by atoms with Crippen molar-refractivity contribution in [3.8, 4) is 6.07 Å². The number of hydrogen-bond acceptors (Lipinski definition) is 7. The third kappa shape index (κ3) is 3.17. The number of non-ortho nitro benzene ring substituents is 1. The summed E-state index contributed by atoms with van der Waals surface area (Å²) in [5, 5.41) is 24.8. The maximum Gasteiger partial charge on any atom is 0.271 e. The van der Waals surface area contributed by atoms with Crippen LogP contribution in [0.2, 0.25) is 5.02 Å². The van der Waals surface area contributed by atoms with Gasteiger partial charge in [-0.1, -0.05) is 23.7 Å². The van der Waals surface area contributed by atoms with Crippen molar-refractivity contribution >= 4 is 50.2 Å². The van der Waals surface area contributed by atoms with E-state index in [1.165, 1.54) is 29.5 Å². The Kier molecular flexibility index (Phi) is 4.37. The highest BCUT2D eigenvalue weighted by atomic mass is 35.5. The normalized spacial score (nSPS) is 11.2. The Balaban J connectivity index is 1.93. The van der Waals surface area contributed by atoms with Crippen molar-refractivity contribution in [2.75, 3.05) is 5.43 Å². The third-order valence-corrected chi connectivity index (χ3v) is 4.42. The second kappa shape index (κ2) is 6.62. The molecule has 118 valence electrons. The molecule has 7 nitrogen and oxygen atoms in total. The first-order valence-corrected chi connectivity index (χ1v) is 7.81. The predicted molar refractivity (Wildman–Crippen MR) is 93.5 cm³/mol. The molecule has 0 spiro atoms. The van der Waals surface area contributed by atoms with E-state index in [0.717, 1.165) is 10.2 Å². The number of nitriles is 1. The van der Waals surface area contributed by atoms with E-state index in [2.05, 4.69) is 15.5 Å². The average Bonchev–Trinajstić information content (AvgIpc) is 3.00. The Morgan fingerprint density at radius 1 is 1.38 bits per heavy atom. The van der Waals surface area contributed by atoms with E-state index < -0.39 is 4.92 Å². The first-order valence-electron chi connectivity index (χ1n) is 6.62.